The molecule has 9 nitrogen and oxygen atoms in total. The second kappa shape index (κ2) is 12.2. The highest BCUT2D eigenvalue weighted by atomic mass is 16.6. The number of nitrogens with one attached hydrogen (secondary N) is 2. The zero-order valence-electron chi connectivity index (χ0n) is 16.8. The second-order valence-electron chi connectivity index (χ2n) is 6.02. The molecule has 1 aromatic rings. The Balaban J connectivity index is 0.00000204. The van der Waals surface area contributed by atoms with Gasteiger partial charge >= 0.3 is 5.97 Å². The minimum absolute atomic E-state index is 0.0513. The van der Waals surface area contributed by atoms with E-state index < -0.39 is 17.9 Å². The van der Waals surface area contributed by atoms with Gasteiger partial charge in [-0.25, -0.2) is 4.79 Å². The van der Waals surface area contributed by atoms with Crippen LogP contribution in [0.4, 0.5) is 5.69 Å². The van der Waals surface area contributed by atoms with Gasteiger partial charge in [-0.3, -0.25) is 15.2 Å². The molecule has 0 saturated heterocycles. The molecule has 2 atom stereocenters. The van der Waals surface area contributed by atoms with Gasteiger partial charge in [-0.05, 0) is 24.5 Å². The maximum absolute atomic E-state index is 12.1. The number of amides is 1. The Labute approximate surface area is 169 Å². The summed E-state index contributed by atoms with van der Waals surface area (Å²) < 4.78 is 0. The van der Waals surface area contributed by atoms with E-state index in [1.807, 2.05) is 33.1 Å². The molecule has 1 aliphatic rings. The molecule has 1 aromatic carbocycles. The van der Waals surface area contributed by atoms with Crippen LogP contribution < -0.4 is 11.1 Å². The number of nitrogens with zero attached hydrogens (tertiary/aromatic N) is 2. The Morgan fingerprint density at radius 3 is 2.76 bits per heavy atom. The summed E-state index contributed by atoms with van der Waals surface area (Å²) in [5, 5.41) is 22.9. The van der Waals surface area contributed by atoms with Crippen LogP contribution in [0.25, 0.3) is 0 Å². The van der Waals surface area contributed by atoms with Crippen molar-refractivity contribution >= 4 is 35.9 Å². The molecule has 0 bridgehead atoms. The molecule has 9 heteroatoms. The molecule has 1 aliphatic heterocycles. The van der Waals surface area contributed by atoms with Gasteiger partial charge in [-0.2, -0.15) is 0 Å². The van der Waals surface area contributed by atoms with Crippen LogP contribution in [0.15, 0.2) is 46.2 Å². The van der Waals surface area contributed by atoms with Gasteiger partial charge in [0, 0.05) is 6.21 Å². The summed E-state index contributed by atoms with van der Waals surface area (Å²) >= 11 is 0. The number of hydrogen-bond acceptors (Lipinski definition) is 7. The van der Waals surface area contributed by atoms with Gasteiger partial charge in [0.25, 0.3) is 0 Å². The van der Waals surface area contributed by atoms with Crippen molar-refractivity contribution in [3.8, 4) is 0 Å². The molecule has 2 unspecified atom stereocenters. The SMILES string of the molecule is CC.CC1C=NC(/C=N/OC(=N)CC(N)C(=O)Nc2ccccc2C(=O)O)=CC1. The summed E-state index contributed by atoms with van der Waals surface area (Å²) in [6.45, 7) is 6.04. The summed E-state index contributed by atoms with van der Waals surface area (Å²) in [6, 6.07) is 4.87. The average Bonchev–Trinajstić information content (AvgIpc) is 2.71. The first-order valence-electron chi connectivity index (χ1n) is 9.27. The molecule has 156 valence electrons. The fraction of sp³-hybridized carbons (Fsp3) is 0.350. The summed E-state index contributed by atoms with van der Waals surface area (Å²) in [4.78, 5) is 32.3. The fourth-order valence-electron chi connectivity index (χ4n) is 2.20. The van der Waals surface area contributed by atoms with Crippen molar-refractivity contribution in [3.05, 3.63) is 41.6 Å². The normalized spacial score (nSPS) is 16.3. The van der Waals surface area contributed by atoms with Gasteiger partial charge in [-0.1, -0.05) is 44.1 Å². The van der Waals surface area contributed by atoms with Crippen LogP contribution >= 0.6 is 0 Å². The Bertz CT molecular complexity index is 817. The van der Waals surface area contributed by atoms with Crippen LogP contribution in [-0.2, 0) is 9.63 Å². The molecule has 29 heavy (non-hydrogen) atoms. The number of carbonyl (C=O) groups excluding carboxylic acids is 1. The topological polar surface area (TPSA) is 150 Å². The van der Waals surface area contributed by atoms with E-state index in [0.717, 1.165) is 6.42 Å². The first kappa shape index (κ1) is 23.7. The number of aromatic carboxylic acids is 1. The summed E-state index contributed by atoms with van der Waals surface area (Å²) in [7, 11) is 0. The minimum Gasteiger partial charge on any atom is -0.478 e. The van der Waals surface area contributed by atoms with Crippen molar-refractivity contribution in [1.82, 2.24) is 0 Å². The largest absolute Gasteiger partial charge is 0.478 e. The highest BCUT2D eigenvalue weighted by Gasteiger charge is 2.19. The number of benzene rings is 1. The number of oxime groups is 1. The summed E-state index contributed by atoms with van der Waals surface area (Å²) in [5.74, 6) is -1.72. The van der Waals surface area contributed by atoms with E-state index in [1.165, 1.54) is 18.3 Å². The lowest BCUT2D eigenvalue weighted by Gasteiger charge is -2.13. The molecule has 5 N–H and O–H groups in total. The third-order valence-electron chi connectivity index (χ3n) is 3.68. The summed E-state index contributed by atoms with van der Waals surface area (Å²) in [5.41, 5.74) is 6.47. The maximum Gasteiger partial charge on any atom is 0.337 e. The van der Waals surface area contributed by atoms with Crippen LogP contribution in [-0.4, -0.2) is 41.4 Å². The van der Waals surface area contributed by atoms with E-state index in [2.05, 4.69) is 15.5 Å². The van der Waals surface area contributed by atoms with Gasteiger partial charge < -0.3 is 21.0 Å². The number of carboxylic acids is 1. The molecule has 2 rings (SSSR count). The van der Waals surface area contributed by atoms with Gasteiger partial charge in [-0.15, -0.1) is 0 Å². The predicted molar refractivity (Wildman–Crippen MR) is 114 cm³/mol. The molecule has 0 fully saturated rings. The average molecular weight is 401 g/mol. The van der Waals surface area contributed by atoms with Crippen molar-refractivity contribution < 1.29 is 19.5 Å². The van der Waals surface area contributed by atoms with Gasteiger partial charge in [0.1, 0.15) is 0 Å². The number of hydrogen-bond donors (Lipinski definition) is 4. The van der Waals surface area contributed by atoms with Crippen LogP contribution in [0.5, 0.6) is 0 Å². The van der Waals surface area contributed by atoms with Crippen molar-refractivity contribution in [1.29, 1.82) is 5.41 Å². The summed E-state index contributed by atoms with van der Waals surface area (Å²) in [6.07, 6.45) is 5.75. The first-order chi connectivity index (χ1) is 13.9. The first-order valence-corrected chi connectivity index (χ1v) is 9.27. The number of aliphatic imine (C=N–C) groups is 1. The van der Waals surface area contributed by atoms with E-state index >= 15 is 0 Å². The predicted octanol–water partition coefficient (Wildman–Crippen LogP) is 3.04. The molecular weight excluding hydrogens is 374 g/mol. The standard InChI is InChI=1S/C18H21N5O4.C2H6/c1-11-6-7-12(21-9-11)10-22-27-16(20)8-14(19)17(24)23-15-5-3-2-4-13(15)18(25)26;1-2/h2-5,7,9-11,14,20H,6,8,19H2,1H3,(H,23,24)(H,25,26);1-2H3/b20-16?,22-10+;. The van der Waals surface area contributed by atoms with E-state index in [-0.39, 0.29) is 23.6 Å². The second-order valence-corrected chi connectivity index (χ2v) is 6.02. The maximum atomic E-state index is 12.1. The molecule has 0 saturated carbocycles. The third-order valence-corrected chi connectivity index (χ3v) is 3.68. The van der Waals surface area contributed by atoms with E-state index in [4.69, 9.17) is 21.1 Å². The third kappa shape index (κ3) is 8.06. The number of rotatable bonds is 7. The fourth-order valence-corrected chi connectivity index (χ4v) is 2.20. The van der Waals surface area contributed by atoms with Crippen molar-refractivity contribution in [3.63, 3.8) is 0 Å². The van der Waals surface area contributed by atoms with Gasteiger partial charge in [0.2, 0.25) is 11.8 Å². The van der Waals surface area contributed by atoms with Crippen molar-refractivity contribution in [2.24, 2.45) is 21.8 Å². The van der Waals surface area contributed by atoms with Crippen LogP contribution in [0.1, 0.15) is 44.0 Å². The molecule has 0 spiro atoms. The quantitative estimate of drug-likeness (QED) is 0.314. The molecule has 0 radical (unpaired) electrons. The number of carboxylic acid groups (broad SMARTS) is 1. The molecule has 0 aliphatic carbocycles. The van der Waals surface area contributed by atoms with Crippen LogP contribution in [0.2, 0.25) is 0 Å². The van der Waals surface area contributed by atoms with Crippen molar-refractivity contribution in [2.75, 3.05) is 5.32 Å². The lowest BCUT2D eigenvalue weighted by Crippen LogP contribution is -2.37. The highest BCUT2D eigenvalue weighted by molar-refractivity contribution is 6.03. The van der Waals surface area contributed by atoms with Gasteiger partial charge in [0.05, 0.1) is 35.6 Å². The minimum atomic E-state index is -1.17. The molecule has 1 amide bonds. The van der Waals surface area contributed by atoms with Gasteiger partial charge in [0.15, 0.2) is 0 Å². The van der Waals surface area contributed by atoms with Crippen LogP contribution in [0.3, 0.4) is 0 Å². The highest BCUT2D eigenvalue weighted by Crippen LogP contribution is 2.15. The Morgan fingerprint density at radius 2 is 2.14 bits per heavy atom. The Morgan fingerprint density at radius 1 is 1.45 bits per heavy atom. The number of carbonyl (C=O) groups is 2. The van der Waals surface area contributed by atoms with E-state index in [0.29, 0.717) is 11.6 Å². The zero-order chi connectivity index (χ0) is 21.8. The van der Waals surface area contributed by atoms with Crippen LogP contribution in [0, 0.1) is 11.3 Å². The Kier molecular flexibility index (Phi) is 9.97. The number of anilines is 1. The van der Waals surface area contributed by atoms with Crippen molar-refractivity contribution in [2.45, 2.75) is 39.7 Å². The molecular formula is C20H27N5O4. The van der Waals surface area contributed by atoms with E-state index in [1.54, 1.807) is 12.1 Å². The Hall–Kier alpha value is -3.33. The monoisotopic (exact) mass is 401 g/mol. The lowest BCUT2D eigenvalue weighted by atomic mass is 10.1. The number of nitrogens with two attached hydrogens (primary N) is 1. The number of allylic oxidation sites excluding steroid dienone is 2. The van der Waals surface area contributed by atoms with E-state index in [9.17, 15) is 9.59 Å². The zero-order valence-corrected chi connectivity index (χ0v) is 16.8. The molecule has 0 aromatic heterocycles. The molecule has 1 heterocycles. The number of para-hydroxylation sites is 1. The smallest absolute Gasteiger partial charge is 0.337 e. The lowest BCUT2D eigenvalue weighted by molar-refractivity contribution is -0.117.